The summed E-state index contributed by atoms with van der Waals surface area (Å²) in [5.74, 6) is 2.26. The topological polar surface area (TPSA) is 0 Å². The second-order valence-electron chi connectivity index (χ2n) is 33.9. The molecule has 0 bridgehead atoms. The van der Waals surface area contributed by atoms with Crippen molar-refractivity contribution in [2.24, 2.45) is 0 Å². The Morgan fingerprint density at radius 1 is 0.255 bits per heavy atom. The highest BCUT2D eigenvalue weighted by atomic mass is 14.4. The van der Waals surface area contributed by atoms with Gasteiger partial charge in [0, 0.05) is 11.8 Å². The fraction of sp³-hybridized carbons (Fsp3) is 0.264. The van der Waals surface area contributed by atoms with E-state index in [9.17, 15) is 0 Å². The molecule has 0 saturated heterocycles. The van der Waals surface area contributed by atoms with Crippen LogP contribution in [0.3, 0.4) is 0 Å². The van der Waals surface area contributed by atoms with Crippen molar-refractivity contribution < 1.29 is 0 Å². The van der Waals surface area contributed by atoms with Crippen LogP contribution in [-0.2, 0) is 10.8 Å². The maximum atomic E-state index is 2.69. The van der Waals surface area contributed by atoms with E-state index in [1.54, 1.807) is 0 Å². The van der Waals surface area contributed by atoms with Gasteiger partial charge in [-0.05, 0) is 231 Å². The molecule has 15 aromatic rings. The molecule has 2 aliphatic carbocycles. The molecule has 0 heterocycles. The Balaban J connectivity index is 0.000000182. The number of hydrogen-bond donors (Lipinski definition) is 0. The largest absolute Gasteiger partial charge is 0.0616 e. The summed E-state index contributed by atoms with van der Waals surface area (Å²) in [6.45, 7) is 23.3. The SMILES string of the molecule is CC(C)c1ccc(C(c2ccc(C(C)(C)C)cc2)c2c3ccc(C4CCCCC4)cc3c(C(c3ccc(C(C)C)cc3)c3ccc(C(C)(C)C)cc3)c3ccc(C4CCCCC4)cc23)cc1.c1ccc2cc(-c3c4ccccc4c(-c4ccc(-c5cccc6ccccc56)cc4)c4ccccc34)ccc2c1. The normalized spacial score (nSPS) is 14.7. The molecule has 2 aliphatic rings. The molecule has 0 aliphatic heterocycles. The highest BCUT2D eigenvalue weighted by Crippen LogP contribution is 2.52. The van der Waals surface area contributed by atoms with E-state index in [1.807, 2.05) is 0 Å². The number of fused-ring (bicyclic) bond motifs is 6. The van der Waals surface area contributed by atoms with E-state index >= 15 is 0 Å². The molecule has 0 amide bonds. The highest BCUT2D eigenvalue weighted by molar-refractivity contribution is 6.22. The summed E-state index contributed by atoms with van der Waals surface area (Å²) < 4.78 is 0. The Hall–Kier alpha value is -10.1. The molecular weight excluding hydrogens is 1270 g/mol. The average molecular weight is 1380 g/mol. The molecule has 15 aromatic carbocycles. The molecule has 17 rings (SSSR count). The van der Waals surface area contributed by atoms with Crippen LogP contribution in [0.2, 0.25) is 0 Å². The molecule has 0 radical (unpaired) electrons. The van der Waals surface area contributed by atoms with Crippen molar-refractivity contribution in [1.82, 2.24) is 0 Å². The van der Waals surface area contributed by atoms with E-state index in [0.29, 0.717) is 23.7 Å². The van der Waals surface area contributed by atoms with E-state index in [1.165, 1.54) is 229 Å². The Kier molecular flexibility index (Phi) is 19.6. The van der Waals surface area contributed by atoms with Gasteiger partial charge in [-0.2, -0.15) is 0 Å². The summed E-state index contributed by atoms with van der Waals surface area (Å²) in [5, 5.41) is 15.9. The maximum Gasteiger partial charge on any atom is 0.0352 e. The highest BCUT2D eigenvalue weighted by Gasteiger charge is 2.32. The van der Waals surface area contributed by atoms with Crippen LogP contribution in [0.1, 0.15) is 236 Å². The zero-order chi connectivity index (χ0) is 72.8. The Morgan fingerprint density at radius 3 is 1.03 bits per heavy atom. The molecule has 0 spiro atoms. The van der Waals surface area contributed by atoms with Crippen LogP contribution in [0.15, 0.2) is 291 Å². The first kappa shape index (κ1) is 70.2. The van der Waals surface area contributed by atoms with Crippen LogP contribution in [-0.4, -0.2) is 0 Å². The van der Waals surface area contributed by atoms with Crippen LogP contribution < -0.4 is 0 Å². The number of hydrogen-bond acceptors (Lipinski definition) is 0. The van der Waals surface area contributed by atoms with Crippen molar-refractivity contribution in [1.29, 1.82) is 0 Å². The molecule has 0 heteroatoms. The van der Waals surface area contributed by atoms with E-state index in [-0.39, 0.29) is 22.7 Å². The Morgan fingerprint density at radius 2 is 0.604 bits per heavy atom. The fourth-order valence-electron chi connectivity index (χ4n) is 18.3. The minimum absolute atomic E-state index is 0.0521. The van der Waals surface area contributed by atoms with Gasteiger partial charge in [0.15, 0.2) is 0 Å². The first-order valence-electron chi connectivity index (χ1n) is 40.0. The van der Waals surface area contributed by atoms with Gasteiger partial charge in [0.2, 0.25) is 0 Å². The number of benzene rings is 15. The van der Waals surface area contributed by atoms with Crippen molar-refractivity contribution in [2.45, 2.75) is 180 Å². The smallest absolute Gasteiger partial charge is 0.0352 e. The Bertz CT molecular complexity index is 5380. The first-order chi connectivity index (χ1) is 51.5. The molecule has 0 N–H and O–H groups in total. The zero-order valence-electron chi connectivity index (χ0n) is 64.2. The van der Waals surface area contributed by atoms with Crippen LogP contribution in [0.5, 0.6) is 0 Å². The summed E-state index contributed by atoms with van der Waals surface area (Å²) in [5.41, 5.74) is 24.8. The standard InChI is InChI=1S/C66H78.C40H26/c1-43(2)45-21-25-49(26-22-45)61(51-29-35-55(36-30-51)65(5,6)7)63-57-39-33-54(48-19-15-12-16-20-48)42-60(57)64(58-40-34-53(41-59(58)63)47-17-13-11-14-18-47)62(50-27-23-46(24-28-50)44(3)4)52-31-37-56(38-32-52)66(8,9)10;1-2-12-31-26-32(25-20-27(31)10-1)40-37-17-7-5-15-35(37)39(36-16-6-8-18-38(36)40)30-23-21-29(22-24-30)34-19-9-13-28-11-3-4-14-33(28)34/h21-44,47-48,61-62H,11-20H2,1-10H3;1-26H. The van der Waals surface area contributed by atoms with Gasteiger partial charge < -0.3 is 0 Å². The molecule has 528 valence electrons. The predicted molar refractivity (Wildman–Crippen MR) is 459 cm³/mol. The Labute approximate surface area is 631 Å². The molecule has 106 heavy (non-hydrogen) atoms. The van der Waals surface area contributed by atoms with Gasteiger partial charge in [0.1, 0.15) is 0 Å². The van der Waals surface area contributed by atoms with Crippen LogP contribution in [0.4, 0.5) is 0 Å². The van der Waals surface area contributed by atoms with Crippen molar-refractivity contribution >= 4 is 64.6 Å². The van der Waals surface area contributed by atoms with Gasteiger partial charge in [-0.25, -0.2) is 0 Å². The lowest BCUT2D eigenvalue weighted by molar-refractivity contribution is 0.444. The molecule has 2 fully saturated rings. The summed E-state index contributed by atoms with van der Waals surface area (Å²) >= 11 is 0. The molecule has 0 aromatic heterocycles. The van der Waals surface area contributed by atoms with Gasteiger partial charge >= 0.3 is 0 Å². The van der Waals surface area contributed by atoms with Crippen LogP contribution in [0, 0.1) is 0 Å². The van der Waals surface area contributed by atoms with E-state index < -0.39 is 0 Å². The van der Waals surface area contributed by atoms with Gasteiger partial charge in [-0.3, -0.25) is 0 Å². The summed E-state index contributed by atoms with van der Waals surface area (Å²) in [4.78, 5) is 0. The second kappa shape index (κ2) is 29.7. The van der Waals surface area contributed by atoms with E-state index in [0.717, 1.165) is 0 Å². The molecule has 2 saturated carbocycles. The van der Waals surface area contributed by atoms with Gasteiger partial charge in [0.25, 0.3) is 0 Å². The molecule has 2 atom stereocenters. The van der Waals surface area contributed by atoms with Crippen molar-refractivity contribution in [3.8, 4) is 33.4 Å². The fourth-order valence-corrected chi connectivity index (χ4v) is 18.3. The lowest BCUT2D eigenvalue weighted by Gasteiger charge is -2.31. The lowest BCUT2D eigenvalue weighted by atomic mass is 9.72. The van der Waals surface area contributed by atoms with Gasteiger partial charge in [0.05, 0.1) is 0 Å². The predicted octanol–water partition coefficient (Wildman–Crippen LogP) is 30.6. The minimum Gasteiger partial charge on any atom is -0.0616 e. The maximum absolute atomic E-state index is 2.69. The summed E-state index contributed by atoms with van der Waals surface area (Å²) in [6, 6.07) is 112. The van der Waals surface area contributed by atoms with Crippen molar-refractivity contribution in [3.63, 3.8) is 0 Å². The van der Waals surface area contributed by atoms with Gasteiger partial charge in [-0.1, -0.05) is 393 Å². The van der Waals surface area contributed by atoms with Crippen molar-refractivity contribution in [2.75, 3.05) is 0 Å². The number of rotatable bonds is 13. The van der Waals surface area contributed by atoms with E-state index in [2.05, 4.69) is 360 Å². The van der Waals surface area contributed by atoms with Crippen LogP contribution >= 0.6 is 0 Å². The average Bonchev–Trinajstić information content (AvgIpc) is 0.716. The first-order valence-corrected chi connectivity index (χ1v) is 40.0. The third kappa shape index (κ3) is 14.0. The van der Waals surface area contributed by atoms with Crippen molar-refractivity contribution in [3.05, 3.63) is 358 Å². The molecule has 2 unspecified atom stereocenters. The monoisotopic (exact) mass is 1380 g/mol. The van der Waals surface area contributed by atoms with Gasteiger partial charge in [-0.15, -0.1) is 0 Å². The second-order valence-corrected chi connectivity index (χ2v) is 33.9. The quantitative estimate of drug-likeness (QED) is 0.0797. The summed E-state index contributed by atoms with van der Waals surface area (Å²) in [7, 11) is 0. The molecule has 0 nitrogen and oxygen atoms in total. The summed E-state index contributed by atoms with van der Waals surface area (Å²) in [6.07, 6.45) is 13.2. The lowest BCUT2D eigenvalue weighted by Crippen LogP contribution is -2.14. The van der Waals surface area contributed by atoms with E-state index in [4.69, 9.17) is 0 Å². The third-order valence-corrected chi connectivity index (χ3v) is 24.3. The third-order valence-electron chi connectivity index (χ3n) is 24.3. The minimum atomic E-state index is 0.0521. The zero-order valence-corrected chi connectivity index (χ0v) is 64.2. The molecular formula is C106H104. The van der Waals surface area contributed by atoms with Crippen LogP contribution in [0.25, 0.3) is 98.0 Å².